The Bertz CT molecular complexity index is 2780. The maximum Gasteiger partial charge on any atom is 0.153 e. The van der Waals surface area contributed by atoms with Crippen molar-refractivity contribution in [3.63, 3.8) is 0 Å². The van der Waals surface area contributed by atoms with Gasteiger partial charge in [0.15, 0.2) is 11.6 Å². The van der Waals surface area contributed by atoms with Gasteiger partial charge in [-0.25, -0.2) is 19.3 Å². The molecule has 0 saturated heterocycles. The Hall–Kier alpha value is -6.82. The summed E-state index contributed by atoms with van der Waals surface area (Å²) in [6.07, 6.45) is 11.6. The number of benzene rings is 4. The van der Waals surface area contributed by atoms with E-state index in [1.165, 1.54) is 0 Å². The number of aliphatic hydroxyl groups excluding tert-OH is 4. The Morgan fingerprint density at radius 2 is 1.03 bits per heavy atom. The minimum absolute atomic E-state index is 0.128. The molecule has 0 bridgehead atoms. The first-order valence-corrected chi connectivity index (χ1v) is 24.3. The van der Waals surface area contributed by atoms with Crippen molar-refractivity contribution in [2.45, 2.75) is 65.7 Å². The summed E-state index contributed by atoms with van der Waals surface area (Å²) < 4.78 is 29.0. The largest absolute Gasteiger partial charge is 0.488 e. The fourth-order valence-corrected chi connectivity index (χ4v) is 8.48. The average Bonchev–Trinajstić information content (AvgIpc) is 4.16. The molecule has 0 radical (unpaired) electrons. The van der Waals surface area contributed by atoms with Crippen LogP contribution >= 0.6 is 23.2 Å². The fourth-order valence-electron chi connectivity index (χ4n) is 8.00. The molecule has 0 spiro atoms. The highest BCUT2D eigenvalue weighted by Crippen LogP contribution is 2.38. The van der Waals surface area contributed by atoms with Gasteiger partial charge in [0, 0.05) is 91.7 Å². The number of aryl methyl sites for hydroxylation is 1. The lowest BCUT2D eigenvalue weighted by molar-refractivity contribution is 0.144. The van der Waals surface area contributed by atoms with E-state index in [4.69, 9.17) is 42.1 Å². The third-order valence-corrected chi connectivity index (χ3v) is 13.0. The van der Waals surface area contributed by atoms with E-state index in [0.717, 1.165) is 55.6 Å². The van der Waals surface area contributed by atoms with Crippen molar-refractivity contribution in [1.82, 2.24) is 34.8 Å². The summed E-state index contributed by atoms with van der Waals surface area (Å²) in [4.78, 5) is 9.05. The molecule has 4 aromatic heterocycles. The molecule has 0 saturated carbocycles. The molecule has 4 aromatic carbocycles. The van der Waals surface area contributed by atoms with Crippen molar-refractivity contribution in [3.8, 4) is 45.8 Å². The Balaban J connectivity index is 0.968. The Morgan fingerprint density at radius 3 is 1.47 bits per heavy atom. The highest BCUT2D eigenvalue weighted by molar-refractivity contribution is 6.32. The van der Waals surface area contributed by atoms with Crippen molar-refractivity contribution >= 4 is 23.2 Å². The summed E-state index contributed by atoms with van der Waals surface area (Å²) in [6.45, 7) is 4.60. The van der Waals surface area contributed by atoms with Gasteiger partial charge >= 0.3 is 0 Å². The number of nitrogens with zero attached hydrogens (tertiary/aromatic N) is 6. The molecule has 17 heteroatoms. The number of hydrogen-bond acceptors (Lipinski definition) is 13. The summed E-state index contributed by atoms with van der Waals surface area (Å²) in [5, 5.41) is 51.3. The van der Waals surface area contributed by atoms with Crippen molar-refractivity contribution in [2.75, 3.05) is 26.4 Å². The first-order valence-electron chi connectivity index (χ1n) is 23.5. The lowest BCUT2D eigenvalue weighted by Gasteiger charge is -2.19. The maximum atomic E-state index is 9.75. The van der Waals surface area contributed by atoms with E-state index < -0.39 is 6.04 Å². The molecule has 4 heterocycles. The van der Waals surface area contributed by atoms with Crippen molar-refractivity contribution in [3.05, 3.63) is 189 Å². The number of aliphatic hydroxyl groups is 4. The second-order valence-corrected chi connectivity index (χ2v) is 18.1. The molecule has 0 aliphatic rings. The van der Waals surface area contributed by atoms with Crippen LogP contribution in [0.2, 0.25) is 10.0 Å². The number of pyridine rings is 2. The van der Waals surface area contributed by atoms with Gasteiger partial charge in [0.05, 0.1) is 29.3 Å². The zero-order valence-electron chi connectivity index (χ0n) is 40.0. The highest BCUT2D eigenvalue weighted by atomic mass is 35.5. The van der Waals surface area contributed by atoms with Crippen LogP contribution in [0, 0.1) is 19.8 Å². The molecular weight excluding hydrogens is 958 g/mol. The second-order valence-electron chi connectivity index (χ2n) is 17.3. The van der Waals surface area contributed by atoms with Crippen LogP contribution in [0.5, 0.6) is 23.0 Å². The van der Waals surface area contributed by atoms with Crippen LogP contribution in [0.25, 0.3) is 22.8 Å². The highest BCUT2D eigenvalue weighted by Gasteiger charge is 2.19. The SMILES string of the molecule is Cc1c(COc2cc(OCc3ccc(-n4cccn4)nc3)c(CCC(CO)CO)cc2Cl)cccc1-c1cccc(COc2cc(OCc3ccc(-n4cccn4)nc3)c(CNC(CO)CO)cc2Cl)c1C. The van der Waals surface area contributed by atoms with Gasteiger partial charge in [-0.1, -0.05) is 71.7 Å². The van der Waals surface area contributed by atoms with Gasteiger partial charge in [-0.15, -0.1) is 0 Å². The van der Waals surface area contributed by atoms with Crippen molar-refractivity contribution in [2.24, 2.45) is 5.92 Å². The normalized spacial score (nSPS) is 11.4. The zero-order valence-corrected chi connectivity index (χ0v) is 41.5. The molecule has 72 heavy (non-hydrogen) atoms. The third-order valence-electron chi connectivity index (χ3n) is 12.4. The summed E-state index contributed by atoms with van der Waals surface area (Å²) >= 11 is 13.7. The first-order chi connectivity index (χ1) is 35.1. The minimum Gasteiger partial charge on any atom is -0.488 e. The zero-order chi connectivity index (χ0) is 50.4. The van der Waals surface area contributed by atoms with Crippen LogP contribution in [0.3, 0.4) is 0 Å². The molecule has 0 aliphatic carbocycles. The van der Waals surface area contributed by atoms with E-state index >= 15 is 0 Å². The van der Waals surface area contributed by atoms with Gasteiger partial charge in [-0.2, -0.15) is 10.2 Å². The van der Waals surface area contributed by atoms with Gasteiger partial charge in [0.25, 0.3) is 0 Å². The number of ether oxygens (including phenoxy) is 4. The predicted octanol–water partition coefficient (Wildman–Crippen LogP) is 8.73. The van der Waals surface area contributed by atoms with Gasteiger partial charge in [-0.05, 0) is 102 Å². The standard InChI is InChI=1S/C55H57Cl2N7O8/c1-36-42(34-71-52-23-50(41(21-48(52)56)14-11-40(28-65)29-66)69-32-38-12-15-54(59-25-38)63-19-5-17-61-63)7-3-9-46(36)47-10-4-8-43(37(47)2)35-72-53-24-51(44(22-49(53)57)27-58-45(30-67)31-68)70-33-39-13-16-55(60-26-39)64-20-6-18-62-64/h3-10,12-13,15-26,40,45,58,65-68H,11,14,27-35H2,1-2H3. The summed E-state index contributed by atoms with van der Waals surface area (Å²) in [6, 6.07) is 30.2. The number of halogens is 2. The topological polar surface area (TPSA) is 191 Å². The van der Waals surface area contributed by atoms with Gasteiger partial charge in [0.2, 0.25) is 0 Å². The number of hydrogen-bond donors (Lipinski definition) is 5. The molecule has 0 atom stereocenters. The minimum atomic E-state index is -0.521. The predicted molar refractivity (Wildman–Crippen MR) is 275 cm³/mol. The van der Waals surface area contributed by atoms with Crippen LogP contribution in [-0.4, -0.2) is 82.4 Å². The van der Waals surface area contributed by atoms with E-state index in [2.05, 4.69) is 51.5 Å². The Morgan fingerprint density at radius 1 is 0.542 bits per heavy atom. The summed E-state index contributed by atoms with van der Waals surface area (Å²) in [5.41, 5.74) is 9.33. The monoisotopic (exact) mass is 1010 g/mol. The van der Waals surface area contributed by atoms with Crippen molar-refractivity contribution < 1.29 is 39.4 Å². The smallest absolute Gasteiger partial charge is 0.153 e. The van der Waals surface area contributed by atoms with E-state index in [1.807, 2.05) is 79.1 Å². The van der Waals surface area contributed by atoms with Crippen LogP contribution < -0.4 is 24.3 Å². The molecule has 0 amide bonds. The van der Waals surface area contributed by atoms with E-state index in [-0.39, 0.29) is 65.3 Å². The Kier molecular flexibility index (Phi) is 17.9. The average molecular weight is 1020 g/mol. The number of nitrogens with one attached hydrogen (secondary N) is 1. The molecular formula is C55H57Cl2N7O8. The molecule has 8 rings (SSSR count). The van der Waals surface area contributed by atoms with Crippen LogP contribution in [-0.2, 0) is 39.4 Å². The van der Waals surface area contributed by atoms with Gasteiger partial charge in [0.1, 0.15) is 49.4 Å². The lowest BCUT2D eigenvalue weighted by Crippen LogP contribution is -2.35. The molecule has 0 fully saturated rings. The first kappa shape index (κ1) is 51.5. The Labute approximate surface area is 428 Å². The van der Waals surface area contributed by atoms with E-state index in [1.54, 1.807) is 52.4 Å². The van der Waals surface area contributed by atoms with Crippen LogP contribution in [0.15, 0.2) is 134 Å². The fraction of sp³-hybridized carbons (Fsp3) is 0.273. The van der Waals surface area contributed by atoms with Crippen LogP contribution in [0.1, 0.15) is 50.9 Å². The molecule has 8 aromatic rings. The van der Waals surface area contributed by atoms with Crippen LogP contribution in [0.4, 0.5) is 0 Å². The molecule has 15 nitrogen and oxygen atoms in total. The number of rotatable bonds is 25. The molecule has 5 N–H and O–H groups in total. The van der Waals surface area contributed by atoms with E-state index in [0.29, 0.717) is 57.5 Å². The summed E-state index contributed by atoms with van der Waals surface area (Å²) in [7, 11) is 0. The van der Waals surface area contributed by atoms with Crippen molar-refractivity contribution in [1.29, 1.82) is 0 Å². The number of aromatic nitrogens is 6. The molecule has 0 aliphatic heterocycles. The third kappa shape index (κ3) is 13.0. The maximum absolute atomic E-state index is 9.75. The molecule has 374 valence electrons. The van der Waals surface area contributed by atoms with Gasteiger partial charge < -0.3 is 44.7 Å². The van der Waals surface area contributed by atoms with E-state index in [9.17, 15) is 20.4 Å². The second kappa shape index (κ2) is 25.0. The van der Waals surface area contributed by atoms with Gasteiger partial charge in [-0.3, -0.25) is 0 Å². The quantitative estimate of drug-likeness (QED) is 0.0366. The summed E-state index contributed by atoms with van der Waals surface area (Å²) in [5.74, 6) is 3.09. The molecule has 0 unspecified atom stereocenters. The lowest BCUT2D eigenvalue weighted by atomic mass is 9.92.